The van der Waals surface area contributed by atoms with Crippen molar-refractivity contribution in [1.82, 2.24) is 0 Å². The number of hydrogen-bond donors (Lipinski definition) is 1. The molecule has 1 atom stereocenters. The number of carbonyl (C=O) groups excluding carboxylic acids is 2. The molecule has 0 spiro atoms. The summed E-state index contributed by atoms with van der Waals surface area (Å²) in [6, 6.07) is 12.2. The van der Waals surface area contributed by atoms with Crippen molar-refractivity contribution in [3.8, 4) is 11.5 Å². The lowest BCUT2D eigenvalue weighted by molar-refractivity contribution is -0.122. The maximum Gasteiger partial charge on any atom is 0.229 e. The molecule has 7 heteroatoms. The van der Waals surface area contributed by atoms with Gasteiger partial charge in [0, 0.05) is 29.7 Å². The highest BCUT2D eigenvalue weighted by atomic mass is 35.5. The van der Waals surface area contributed by atoms with Gasteiger partial charge in [-0.05, 0) is 30.3 Å². The van der Waals surface area contributed by atoms with Gasteiger partial charge < -0.3 is 19.7 Å². The summed E-state index contributed by atoms with van der Waals surface area (Å²) in [6.07, 6.45) is 0.143. The van der Waals surface area contributed by atoms with Crippen LogP contribution >= 0.6 is 11.6 Å². The second-order valence-electron chi connectivity index (χ2n) is 5.94. The molecule has 0 aromatic heterocycles. The number of nitrogens with zero attached hydrogens (tertiary/aromatic N) is 1. The molecule has 2 amide bonds. The highest BCUT2D eigenvalue weighted by molar-refractivity contribution is 6.31. The van der Waals surface area contributed by atoms with Crippen LogP contribution in [0.1, 0.15) is 6.42 Å². The molecule has 1 saturated heterocycles. The first-order valence-corrected chi connectivity index (χ1v) is 8.48. The number of ether oxygens (including phenoxy) is 2. The minimum absolute atomic E-state index is 0.106. The minimum Gasteiger partial charge on any atom is -0.497 e. The minimum atomic E-state index is -0.461. The molecule has 136 valence electrons. The highest BCUT2D eigenvalue weighted by Gasteiger charge is 2.35. The van der Waals surface area contributed by atoms with E-state index < -0.39 is 5.92 Å². The molecule has 1 heterocycles. The van der Waals surface area contributed by atoms with Gasteiger partial charge >= 0.3 is 0 Å². The van der Waals surface area contributed by atoms with Crippen molar-refractivity contribution in [3.63, 3.8) is 0 Å². The number of methoxy groups -OCH3 is 2. The van der Waals surface area contributed by atoms with Crippen LogP contribution in [0.5, 0.6) is 11.5 Å². The van der Waals surface area contributed by atoms with E-state index in [0.717, 1.165) is 0 Å². The molecule has 26 heavy (non-hydrogen) atoms. The summed E-state index contributed by atoms with van der Waals surface area (Å²) in [7, 11) is 3.07. The number of rotatable bonds is 5. The van der Waals surface area contributed by atoms with Crippen LogP contribution in [0.15, 0.2) is 42.5 Å². The van der Waals surface area contributed by atoms with Gasteiger partial charge in [-0.3, -0.25) is 9.59 Å². The number of nitrogens with one attached hydrogen (secondary N) is 1. The van der Waals surface area contributed by atoms with Gasteiger partial charge in [-0.25, -0.2) is 0 Å². The standard InChI is InChI=1S/C19H19ClN2O4/c1-25-15-6-7-17(26-2)16(10-15)21-19(24)12-8-18(23)22(11-12)14-5-3-4-13(20)9-14/h3-7,9-10,12H,8,11H2,1-2H3,(H,21,24)/t12-/m1/s1. The molecule has 2 aromatic rings. The first-order chi connectivity index (χ1) is 12.5. The maximum atomic E-state index is 12.7. The first-order valence-electron chi connectivity index (χ1n) is 8.10. The summed E-state index contributed by atoms with van der Waals surface area (Å²) >= 11 is 6.00. The lowest BCUT2D eigenvalue weighted by Crippen LogP contribution is -2.28. The van der Waals surface area contributed by atoms with Gasteiger partial charge in [-0.1, -0.05) is 17.7 Å². The Balaban J connectivity index is 1.74. The van der Waals surface area contributed by atoms with Gasteiger partial charge in [-0.15, -0.1) is 0 Å². The molecule has 1 aliphatic rings. The first kappa shape index (κ1) is 18.1. The van der Waals surface area contributed by atoms with Gasteiger partial charge in [0.05, 0.1) is 25.8 Å². The fourth-order valence-corrected chi connectivity index (χ4v) is 3.11. The number of amides is 2. The van der Waals surface area contributed by atoms with Crippen LogP contribution in [-0.4, -0.2) is 32.6 Å². The van der Waals surface area contributed by atoms with E-state index in [1.54, 1.807) is 54.5 Å². The van der Waals surface area contributed by atoms with Crippen molar-refractivity contribution < 1.29 is 19.1 Å². The topological polar surface area (TPSA) is 67.9 Å². The van der Waals surface area contributed by atoms with Crippen LogP contribution in [0.25, 0.3) is 0 Å². The average molecular weight is 375 g/mol. The van der Waals surface area contributed by atoms with E-state index in [1.807, 2.05) is 0 Å². The van der Waals surface area contributed by atoms with Crippen molar-refractivity contribution in [3.05, 3.63) is 47.5 Å². The number of benzene rings is 2. The highest BCUT2D eigenvalue weighted by Crippen LogP contribution is 2.31. The predicted octanol–water partition coefficient (Wildman–Crippen LogP) is 3.35. The van der Waals surface area contributed by atoms with Crippen LogP contribution in [0.4, 0.5) is 11.4 Å². The molecule has 3 rings (SSSR count). The van der Waals surface area contributed by atoms with Crippen molar-refractivity contribution in [2.24, 2.45) is 5.92 Å². The van der Waals surface area contributed by atoms with Gasteiger partial charge in [0.2, 0.25) is 11.8 Å². The molecule has 1 fully saturated rings. The van der Waals surface area contributed by atoms with Crippen molar-refractivity contribution in [2.75, 3.05) is 31.0 Å². The molecule has 0 unspecified atom stereocenters. The summed E-state index contributed by atoms with van der Waals surface area (Å²) < 4.78 is 10.5. The van der Waals surface area contributed by atoms with Crippen LogP contribution in [-0.2, 0) is 9.59 Å². The van der Waals surface area contributed by atoms with E-state index >= 15 is 0 Å². The molecule has 1 N–H and O–H groups in total. The van der Waals surface area contributed by atoms with E-state index in [4.69, 9.17) is 21.1 Å². The van der Waals surface area contributed by atoms with E-state index in [2.05, 4.69) is 5.32 Å². The molecule has 2 aromatic carbocycles. The lowest BCUT2D eigenvalue weighted by atomic mass is 10.1. The van der Waals surface area contributed by atoms with Gasteiger partial charge in [0.15, 0.2) is 0 Å². The van der Waals surface area contributed by atoms with Crippen LogP contribution in [0.3, 0.4) is 0 Å². The SMILES string of the molecule is COc1ccc(OC)c(NC(=O)[C@@H]2CC(=O)N(c3cccc(Cl)c3)C2)c1. The van der Waals surface area contributed by atoms with E-state index in [9.17, 15) is 9.59 Å². The number of halogens is 1. The van der Waals surface area contributed by atoms with Gasteiger partial charge in [0.25, 0.3) is 0 Å². The summed E-state index contributed by atoms with van der Waals surface area (Å²) in [6.45, 7) is 0.303. The van der Waals surface area contributed by atoms with Crippen LogP contribution < -0.4 is 19.7 Å². The van der Waals surface area contributed by atoms with Crippen LogP contribution in [0.2, 0.25) is 5.02 Å². The van der Waals surface area contributed by atoms with E-state index in [0.29, 0.717) is 34.4 Å². The van der Waals surface area contributed by atoms with Crippen molar-refractivity contribution in [1.29, 1.82) is 0 Å². The third kappa shape index (κ3) is 3.75. The molecule has 0 radical (unpaired) electrons. The molecule has 0 aliphatic carbocycles. The van der Waals surface area contributed by atoms with Crippen molar-refractivity contribution >= 4 is 34.8 Å². The average Bonchev–Trinajstić information content (AvgIpc) is 3.03. The maximum absolute atomic E-state index is 12.7. The van der Waals surface area contributed by atoms with E-state index in [-0.39, 0.29) is 18.2 Å². The zero-order valence-electron chi connectivity index (χ0n) is 14.5. The Hall–Kier alpha value is -2.73. The second-order valence-corrected chi connectivity index (χ2v) is 6.38. The van der Waals surface area contributed by atoms with Crippen LogP contribution in [0, 0.1) is 5.92 Å². The number of hydrogen-bond acceptors (Lipinski definition) is 4. The smallest absolute Gasteiger partial charge is 0.229 e. The Morgan fingerprint density at radius 3 is 2.69 bits per heavy atom. The summed E-state index contributed by atoms with van der Waals surface area (Å²) in [5.74, 6) is 0.316. The summed E-state index contributed by atoms with van der Waals surface area (Å²) in [5, 5.41) is 3.38. The molecular weight excluding hydrogens is 356 g/mol. The Labute approximate surface area is 156 Å². The normalized spacial score (nSPS) is 16.5. The fourth-order valence-electron chi connectivity index (χ4n) is 2.92. The van der Waals surface area contributed by atoms with Gasteiger partial charge in [-0.2, -0.15) is 0 Å². The van der Waals surface area contributed by atoms with E-state index in [1.165, 1.54) is 7.11 Å². The predicted molar refractivity (Wildman–Crippen MR) is 100 cm³/mol. The monoisotopic (exact) mass is 374 g/mol. The number of carbonyl (C=O) groups is 2. The molecule has 1 aliphatic heterocycles. The second kappa shape index (κ2) is 7.66. The molecule has 6 nitrogen and oxygen atoms in total. The fraction of sp³-hybridized carbons (Fsp3) is 0.263. The third-order valence-corrected chi connectivity index (χ3v) is 4.52. The molecule has 0 bridgehead atoms. The Kier molecular flexibility index (Phi) is 5.32. The summed E-state index contributed by atoms with van der Waals surface area (Å²) in [4.78, 5) is 26.6. The third-order valence-electron chi connectivity index (χ3n) is 4.28. The largest absolute Gasteiger partial charge is 0.497 e. The zero-order chi connectivity index (χ0) is 18.7. The van der Waals surface area contributed by atoms with Gasteiger partial charge in [0.1, 0.15) is 11.5 Å². The molecule has 0 saturated carbocycles. The lowest BCUT2D eigenvalue weighted by Gasteiger charge is -2.17. The zero-order valence-corrected chi connectivity index (χ0v) is 15.2. The summed E-state index contributed by atoms with van der Waals surface area (Å²) in [5.41, 5.74) is 1.20. The Morgan fingerprint density at radius 2 is 2.00 bits per heavy atom. The Bertz CT molecular complexity index is 840. The Morgan fingerprint density at radius 1 is 1.19 bits per heavy atom. The quantitative estimate of drug-likeness (QED) is 0.871. The number of anilines is 2. The van der Waals surface area contributed by atoms with Crippen molar-refractivity contribution in [2.45, 2.75) is 6.42 Å². The molecular formula is C19H19ClN2O4.